The summed E-state index contributed by atoms with van der Waals surface area (Å²) in [5.41, 5.74) is 2.16. The fraction of sp³-hybridized carbons (Fsp3) is 0.333. The first-order valence-electron chi connectivity index (χ1n) is 12.4. The van der Waals surface area contributed by atoms with Crippen molar-refractivity contribution in [1.29, 1.82) is 0 Å². The van der Waals surface area contributed by atoms with Gasteiger partial charge in [0.2, 0.25) is 0 Å². The van der Waals surface area contributed by atoms with Gasteiger partial charge in [0.1, 0.15) is 11.5 Å². The maximum absolute atomic E-state index is 11.1. The molecule has 0 amide bonds. The largest absolute Gasteiger partial charge is 0.494 e. The van der Waals surface area contributed by atoms with Crippen molar-refractivity contribution in [2.45, 2.75) is 39.0 Å². The second-order valence-corrected chi connectivity index (χ2v) is 7.91. The predicted octanol–water partition coefficient (Wildman–Crippen LogP) is 6.41. The lowest BCUT2D eigenvalue weighted by atomic mass is 10.1. The van der Waals surface area contributed by atoms with E-state index in [1.807, 2.05) is 72.8 Å². The van der Waals surface area contributed by atoms with Crippen LogP contribution in [0, 0.1) is 0 Å². The Labute approximate surface area is 214 Å². The van der Waals surface area contributed by atoms with Gasteiger partial charge in [0.05, 0.1) is 26.4 Å². The predicted molar refractivity (Wildman–Crippen MR) is 143 cm³/mol. The molecule has 0 aliphatic rings. The SMILES string of the molecule is C=CC(=O)OCCCCOc1ccc(C=CC=Cc2ccc(OCCCCOC(=O)CC)cc2)cc1. The average molecular weight is 493 g/mol. The Kier molecular flexibility index (Phi) is 13.9. The maximum Gasteiger partial charge on any atom is 0.330 e. The first-order chi connectivity index (χ1) is 17.6. The molecule has 2 rings (SSSR count). The van der Waals surface area contributed by atoms with Crippen LogP contribution in [0.4, 0.5) is 0 Å². The average Bonchev–Trinajstić information content (AvgIpc) is 2.91. The highest BCUT2D eigenvalue weighted by molar-refractivity contribution is 5.81. The molecule has 0 heterocycles. The van der Waals surface area contributed by atoms with Gasteiger partial charge in [-0.05, 0) is 61.1 Å². The molecule has 2 aromatic carbocycles. The van der Waals surface area contributed by atoms with Crippen LogP contribution < -0.4 is 9.47 Å². The van der Waals surface area contributed by atoms with Crippen LogP contribution in [0.25, 0.3) is 12.2 Å². The maximum atomic E-state index is 11.1. The van der Waals surface area contributed by atoms with Crippen molar-refractivity contribution in [3.63, 3.8) is 0 Å². The normalized spacial score (nSPS) is 10.9. The van der Waals surface area contributed by atoms with Crippen LogP contribution in [-0.4, -0.2) is 38.4 Å². The van der Waals surface area contributed by atoms with Crippen LogP contribution >= 0.6 is 0 Å². The zero-order valence-corrected chi connectivity index (χ0v) is 21.0. The number of rotatable bonds is 17. The number of benzene rings is 2. The van der Waals surface area contributed by atoms with E-state index in [0.717, 1.165) is 54.4 Å². The van der Waals surface area contributed by atoms with Crippen LogP contribution in [0.3, 0.4) is 0 Å². The summed E-state index contributed by atoms with van der Waals surface area (Å²) in [6.07, 6.45) is 12.8. The Morgan fingerprint density at radius 2 is 1.14 bits per heavy atom. The van der Waals surface area contributed by atoms with Crippen LogP contribution in [-0.2, 0) is 19.1 Å². The Hall–Kier alpha value is -3.80. The second kappa shape index (κ2) is 17.6. The van der Waals surface area contributed by atoms with Crippen molar-refractivity contribution in [3.8, 4) is 11.5 Å². The van der Waals surface area contributed by atoms with E-state index in [1.165, 1.54) is 0 Å². The Balaban J connectivity index is 1.62. The molecule has 0 N–H and O–H groups in total. The molecule has 0 aliphatic carbocycles. The van der Waals surface area contributed by atoms with Crippen molar-refractivity contribution in [1.82, 2.24) is 0 Å². The minimum Gasteiger partial charge on any atom is -0.494 e. The third kappa shape index (κ3) is 12.6. The van der Waals surface area contributed by atoms with Crippen LogP contribution in [0.15, 0.2) is 73.3 Å². The molecular formula is C30H36O6. The summed E-state index contributed by atoms with van der Waals surface area (Å²) in [6, 6.07) is 15.8. The molecule has 36 heavy (non-hydrogen) atoms. The van der Waals surface area contributed by atoms with Gasteiger partial charge in [-0.25, -0.2) is 4.79 Å². The fourth-order valence-corrected chi connectivity index (χ4v) is 2.99. The molecule has 6 nitrogen and oxygen atoms in total. The molecule has 2 aromatic rings. The minimum atomic E-state index is -0.394. The van der Waals surface area contributed by atoms with Gasteiger partial charge in [-0.15, -0.1) is 0 Å². The summed E-state index contributed by atoms with van der Waals surface area (Å²) >= 11 is 0. The van der Waals surface area contributed by atoms with E-state index >= 15 is 0 Å². The molecule has 0 bridgehead atoms. The number of carbonyl (C=O) groups is 2. The number of allylic oxidation sites excluding steroid dienone is 2. The summed E-state index contributed by atoms with van der Waals surface area (Å²) in [7, 11) is 0. The number of esters is 2. The summed E-state index contributed by atoms with van der Waals surface area (Å²) in [6.45, 7) is 7.14. The lowest BCUT2D eigenvalue weighted by molar-refractivity contribution is -0.143. The van der Waals surface area contributed by atoms with Crippen LogP contribution in [0.5, 0.6) is 11.5 Å². The highest BCUT2D eigenvalue weighted by atomic mass is 16.5. The van der Waals surface area contributed by atoms with Gasteiger partial charge in [-0.3, -0.25) is 4.79 Å². The summed E-state index contributed by atoms with van der Waals surface area (Å²) in [5, 5.41) is 0. The Morgan fingerprint density at radius 1 is 0.694 bits per heavy atom. The third-order valence-electron chi connectivity index (χ3n) is 5.03. The standard InChI is InChI=1S/C30H36O6/c1-3-29(31)35-23-9-7-21-33-27-17-13-25(14-18-27)11-5-6-12-26-15-19-28(20-16-26)34-22-8-10-24-36-30(32)4-2/h3,5-6,11-20H,1,4,7-10,21-24H2,2H3. The summed E-state index contributed by atoms with van der Waals surface area (Å²) in [5.74, 6) is 1.08. The number of hydrogen-bond donors (Lipinski definition) is 0. The quantitative estimate of drug-likeness (QED) is 0.110. The van der Waals surface area contributed by atoms with Gasteiger partial charge < -0.3 is 18.9 Å². The summed E-state index contributed by atoms with van der Waals surface area (Å²) < 4.78 is 21.4. The van der Waals surface area contributed by atoms with Gasteiger partial charge in [-0.1, -0.05) is 62.1 Å². The highest BCUT2D eigenvalue weighted by Crippen LogP contribution is 2.15. The van der Waals surface area contributed by atoms with E-state index < -0.39 is 5.97 Å². The van der Waals surface area contributed by atoms with Gasteiger partial charge in [-0.2, -0.15) is 0 Å². The number of carbonyl (C=O) groups excluding carboxylic acids is 2. The molecular weight excluding hydrogens is 456 g/mol. The molecule has 6 heteroatoms. The van der Waals surface area contributed by atoms with Gasteiger partial charge >= 0.3 is 11.9 Å². The molecule has 0 aromatic heterocycles. The summed E-state index contributed by atoms with van der Waals surface area (Å²) in [4.78, 5) is 22.0. The second-order valence-electron chi connectivity index (χ2n) is 7.91. The molecule has 0 saturated carbocycles. The molecule has 0 saturated heterocycles. The molecule has 0 fully saturated rings. The van der Waals surface area contributed by atoms with Crippen molar-refractivity contribution in [3.05, 3.63) is 84.5 Å². The van der Waals surface area contributed by atoms with Gasteiger partial charge in [0.15, 0.2) is 0 Å². The molecule has 192 valence electrons. The Bertz CT molecular complexity index is 974. The van der Waals surface area contributed by atoms with Gasteiger partial charge in [0, 0.05) is 12.5 Å². The van der Waals surface area contributed by atoms with Crippen molar-refractivity contribution in [2.75, 3.05) is 26.4 Å². The minimum absolute atomic E-state index is 0.160. The van der Waals surface area contributed by atoms with E-state index in [1.54, 1.807) is 6.92 Å². The fourth-order valence-electron chi connectivity index (χ4n) is 2.99. The highest BCUT2D eigenvalue weighted by Gasteiger charge is 1.99. The van der Waals surface area contributed by atoms with Crippen molar-refractivity contribution >= 4 is 24.1 Å². The monoisotopic (exact) mass is 492 g/mol. The molecule has 0 aliphatic heterocycles. The first kappa shape index (κ1) is 28.4. The topological polar surface area (TPSA) is 71.1 Å². The third-order valence-corrected chi connectivity index (χ3v) is 5.03. The van der Waals surface area contributed by atoms with Crippen LogP contribution in [0.2, 0.25) is 0 Å². The number of unbranched alkanes of at least 4 members (excludes halogenated alkanes) is 2. The van der Waals surface area contributed by atoms with E-state index in [4.69, 9.17) is 18.9 Å². The van der Waals surface area contributed by atoms with E-state index in [2.05, 4.69) is 6.58 Å². The number of ether oxygens (including phenoxy) is 4. The Morgan fingerprint density at radius 3 is 1.58 bits per heavy atom. The lowest BCUT2D eigenvalue weighted by Crippen LogP contribution is -2.05. The number of hydrogen-bond acceptors (Lipinski definition) is 6. The van der Waals surface area contributed by atoms with Crippen LogP contribution in [0.1, 0.15) is 50.2 Å². The first-order valence-corrected chi connectivity index (χ1v) is 12.4. The van der Waals surface area contributed by atoms with Gasteiger partial charge in [0.25, 0.3) is 0 Å². The van der Waals surface area contributed by atoms with Crippen molar-refractivity contribution in [2.24, 2.45) is 0 Å². The lowest BCUT2D eigenvalue weighted by Gasteiger charge is -2.07. The molecule has 0 radical (unpaired) electrons. The van der Waals surface area contributed by atoms with E-state index in [9.17, 15) is 9.59 Å². The smallest absolute Gasteiger partial charge is 0.330 e. The molecule has 0 atom stereocenters. The van der Waals surface area contributed by atoms with E-state index in [0.29, 0.717) is 32.8 Å². The zero-order chi connectivity index (χ0) is 25.8. The van der Waals surface area contributed by atoms with Crippen molar-refractivity contribution < 1.29 is 28.5 Å². The van der Waals surface area contributed by atoms with E-state index in [-0.39, 0.29) is 5.97 Å². The molecule has 0 spiro atoms. The molecule has 0 unspecified atom stereocenters. The zero-order valence-electron chi connectivity index (χ0n) is 21.0.